The number of hydrogen-bond donors (Lipinski definition) is 1. The van der Waals surface area contributed by atoms with E-state index in [4.69, 9.17) is 5.73 Å². The van der Waals surface area contributed by atoms with Crippen LogP contribution in [0.5, 0.6) is 0 Å². The fourth-order valence-electron chi connectivity index (χ4n) is 2.89. The molecule has 21 heavy (non-hydrogen) atoms. The number of para-hydroxylation sites is 2. The minimum Gasteiger partial charge on any atom is -0.330 e. The Morgan fingerprint density at radius 1 is 0.905 bits per heavy atom. The average Bonchev–Trinajstić information content (AvgIpc) is 2.78. The van der Waals surface area contributed by atoms with Gasteiger partial charge in [-0.2, -0.15) is 13.2 Å². The molecule has 0 saturated carbocycles. The molecule has 3 rings (SSSR count). The summed E-state index contributed by atoms with van der Waals surface area (Å²) in [5.74, 6) is 0. The van der Waals surface area contributed by atoms with Crippen molar-refractivity contribution >= 4 is 21.8 Å². The molecule has 1 aromatic heterocycles. The quantitative estimate of drug-likeness (QED) is 0.769. The Hall–Kier alpha value is -2.01. The summed E-state index contributed by atoms with van der Waals surface area (Å²) in [5, 5.41) is 1.67. The maximum absolute atomic E-state index is 13.4. The van der Waals surface area contributed by atoms with Gasteiger partial charge in [0.2, 0.25) is 0 Å². The van der Waals surface area contributed by atoms with Crippen molar-refractivity contribution in [2.75, 3.05) is 6.54 Å². The highest BCUT2D eigenvalue weighted by Crippen LogP contribution is 2.39. The number of aromatic nitrogens is 1. The first kappa shape index (κ1) is 13.9. The van der Waals surface area contributed by atoms with Gasteiger partial charge in [0.05, 0.1) is 0 Å². The van der Waals surface area contributed by atoms with Crippen molar-refractivity contribution in [2.24, 2.45) is 5.73 Å². The monoisotopic (exact) mass is 292 g/mol. The first-order valence-corrected chi connectivity index (χ1v) is 6.78. The number of nitrogens with zero attached hydrogens (tertiary/aromatic N) is 1. The van der Waals surface area contributed by atoms with Gasteiger partial charge in [-0.25, -0.2) is 0 Å². The van der Waals surface area contributed by atoms with Crippen LogP contribution in [0.15, 0.2) is 48.5 Å². The van der Waals surface area contributed by atoms with Gasteiger partial charge in [-0.1, -0.05) is 36.4 Å². The SMILES string of the molecule is NCCC(n1c2ccccc2c2ccccc21)C(F)(F)F. The summed E-state index contributed by atoms with van der Waals surface area (Å²) in [6.07, 6.45) is -4.46. The molecule has 0 fully saturated rings. The van der Waals surface area contributed by atoms with E-state index in [0.29, 0.717) is 11.0 Å². The smallest absolute Gasteiger partial charge is 0.330 e. The van der Waals surface area contributed by atoms with E-state index >= 15 is 0 Å². The molecule has 0 amide bonds. The maximum atomic E-state index is 13.4. The van der Waals surface area contributed by atoms with Crippen molar-refractivity contribution in [2.45, 2.75) is 18.6 Å². The number of hydrogen-bond acceptors (Lipinski definition) is 1. The number of alkyl halides is 3. The minimum atomic E-state index is -4.33. The van der Waals surface area contributed by atoms with Gasteiger partial charge in [0.15, 0.2) is 0 Å². The molecule has 2 N–H and O–H groups in total. The van der Waals surface area contributed by atoms with E-state index in [1.54, 1.807) is 24.3 Å². The molecule has 0 aliphatic rings. The molecule has 3 aromatic rings. The van der Waals surface area contributed by atoms with E-state index < -0.39 is 12.2 Å². The second-order valence-electron chi connectivity index (χ2n) is 5.04. The summed E-state index contributed by atoms with van der Waals surface area (Å²) in [6, 6.07) is 12.7. The van der Waals surface area contributed by atoms with E-state index in [1.165, 1.54) is 4.57 Å². The highest BCUT2D eigenvalue weighted by molar-refractivity contribution is 6.08. The number of rotatable bonds is 3. The van der Waals surface area contributed by atoms with Gasteiger partial charge < -0.3 is 10.3 Å². The molecular weight excluding hydrogens is 277 g/mol. The van der Waals surface area contributed by atoms with Crippen LogP contribution >= 0.6 is 0 Å². The third kappa shape index (κ3) is 2.27. The maximum Gasteiger partial charge on any atom is 0.409 e. The highest BCUT2D eigenvalue weighted by atomic mass is 19.4. The van der Waals surface area contributed by atoms with Crippen LogP contribution in [0.25, 0.3) is 21.8 Å². The Kier molecular flexibility index (Phi) is 3.37. The molecular formula is C16H15F3N2. The Morgan fingerprint density at radius 3 is 1.81 bits per heavy atom. The summed E-state index contributed by atoms with van der Waals surface area (Å²) in [4.78, 5) is 0. The van der Waals surface area contributed by atoms with Gasteiger partial charge >= 0.3 is 6.18 Å². The lowest BCUT2D eigenvalue weighted by Crippen LogP contribution is -2.28. The average molecular weight is 292 g/mol. The van der Waals surface area contributed by atoms with Gasteiger partial charge in [0.1, 0.15) is 6.04 Å². The van der Waals surface area contributed by atoms with Gasteiger partial charge in [-0.15, -0.1) is 0 Å². The Bertz CT molecular complexity index is 721. The predicted octanol–water partition coefficient (Wildman–Crippen LogP) is 4.25. The van der Waals surface area contributed by atoms with Crippen molar-refractivity contribution < 1.29 is 13.2 Å². The topological polar surface area (TPSA) is 30.9 Å². The zero-order valence-electron chi connectivity index (χ0n) is 11.3. The second kappa shape index (κ2) is 5.07. The number of nitrogens with two attached hydrogens (primary N) is 1. The van der Waals surface area contributed by atoms with Gasteiger partial charge in [0, 0.05) is 21.8 Å². The van der Waals surface area contributed by atoms with E-state index in [0.717, 1.165) is 10.8 Å². The van der Waals surface area contributed by atoms with Crippen LogP contribution in [-0.4, -0.2) is 17.3 Å². The van der Waals surface area contributed by atoms with Crippen molar-refractivity contribution in [1.82, 2.24) is 4.57 Å². The fourth-order valence-corrected chi connectivity index (χ4v) is 2.89. The normalized spacial score (nSPS) is 13.9. The molecule has 110 valence electrons. The lowest BCUT2D eigenvalue weighted by Gasteiger charge is -2.23. The van der Waals surface area contributed by atoms with E-state index in [2.05, 4.69) is 0 Å². The van der Waals surface area contributed by atoms with Crippen LogP contribution in [0.4, 0.5) is 13.2 Å². The predicted molar refractivity (Wildman–Crippen MR) is 78.2 cm³/mol. The molecule has 0 spiro atoms. The summed E-state index contributed by atoms with van der Waals surface area (Å²) in [5.41, 5.74) is 6.59. The van der Waals surface area contributed by atoms with E-state index in [1.807, 2.05) is 24.3 Å². The summed E-state index contributed by atoms with van der Waals surface area (Å²) < 4.78 is 41.7. The molecule has 0 radical (unpaired) electrons. The molecule has 1 heterocycles. The standard InChI is InChI=1S/C16H15F3N2/c17-16(18,19)15(9-10-20)21-13-7-3-1-5-11(13)12-6-2-4-8-14(12)21/h1-8,15H,9-10,20H2. The summed E-state index contributed by atoms with van der Waals surface area (Å²) in [7, 11) is 0. The zero-order valence-corrected chi connectivity index (χ0v) is 11.3. The molecule has 0 aliphatic carbocycles. The van der Waals surface area contributed by atoms with Crippen LogP contribution in [-0.2, 0) is 0 Å². The molecule has 0 saturated heterocycles. The van der Waals surface area contributed by atoms with Crippen LogP contribution in [0.1, 0.15) is 12.5 Å². The van der Waals surface area contributed by atoms with Gasteiger partial charge in [-0.3, -0.25) is 0 Å². The largest absolute Gasteiger partial charge is 0.409 e. The Labute approximate surface area is 120 Å². The molecule has 1 atom stereocenters. The molecule has 0 aliphatic heterocycles. The van der Waals surface area contributed by atoms with Crippen molar-refractivity contribution in [1.29, 1.82) is 0 Å². The molecule has 2 nitrogen and oxygen atoms in total. The first-order valence-electron chi connectivity index (χ1n) is 6.78. The van der Waals surface area contributed by atoms with E-state index in [-0.39, 0.29) is 13.0 Å². The third-order valence-corrected chi connectivity index (χ3v) is 3.75. The number of halogens is 3. The fraction of sp³-hybridized carbons (Fsp3) is 0.250. The van der Waals surface area contributed by atoms with Crippen LogP contribution in [0.2, 0.25) is 0 Å². The van der Waals surface area contributed by atoms with Crippen LogP contribution < -0.4 is 5.73 Å². The molecule has 1 unspecified atom stereocenters. The number of benzene rings is 2. The van der Waals surface area contributed by atoms with Crippen LogP contribution in [0.3, 0.4) is 0 Å². The van der Waals surface area contributed by atoms with Crippen molar-refractivity contribution in [3.05, 3.63) is 48.5 Å². The second-order valence-corrected chi connectivity index (χ2v) is 5.04. The Morgan fingerprint density at radius 2 is 1.38 bits per heavy atom. The lowest BCUT2D eigenvalue weighted by atomic mass is 10.2. The Balaban J connectivity index is 2.37. The first-order chi connectivity index (χ1) is 10.0. The van der Waals surface area contributed by atoms with Crippen molar-refractivity contribution in [3.8, 4) is 0 Å². The highest BCUT2D eigenvalue weighted by Gasteiger charge is 2.41. The zero-order chi connectivity index (χ0) is 15.0. The van der Waals surface area contributed by atoms with Gasteiger partial charge in [-0.05, 0) is 25.1 Å². The third-order valence-electron chi connectivity index (χ3n) is 3.75. The van der Waals surface area contributed by atoms with Gasteiger partial charge in [0.25, 0.3) is 0 Å². The summed E-state index contributed by atoms with van der Waals surface area (Å²) >= 11 is 0. The van der Waals surface area contributed by atoms with E-state index in [9.17, 15) is 13.2 Å². The minimum absolute atomic E-state index is 0.00892. The molecule has 2 aromatic carbocycles. The lowest BCUT2D eigenvalue weighted by molar-refractivity contribution is -0.167. The van der Waals surface area contributed by atoms with Crippen molar-refractivity contribution in [3.63, 3.8) is 0 Å². The number of fused-ring (bicyclic) bond motifs is 3. The molecule has 0 bridgehead atoms. The van der Waals surface area contributed by atoms with Crippen LogP contribution in [0, 0.1) is 0 Å². The molecule has 5 heteroatoms. The summed E-state index contributed by atoms with van der Waals surface area (Å²) in [6.45, 7) is -0.00892.